The van der Waals surface area contributed by atoms with Crippen LogP contribution < -0.4 is 0 Å². The van der Waals surface area contributed by atoms with Crippen LogP contribution in [0.25, 0.3) is 0 Å². The van der Waals surface area contributed by atoms with E-state index in [1.165, 1.54) is 10.4 Å². The Hall–Kier alpha value is -3.03. The molecule has 33 heavy (non-hydrogen) atoms. The minimum absolute atomic E-state index is 0.136. The van der Waals surface area contributed by atoms with Crippen molar-refractivity contribution in [3.63, 3.8) is 0 Å². The second kappa shape index (κ2) is 10.7. The third-order valence-electron chi connectivity index (χ3n) is 5.79. The number of nitrogens with zero attached hydrogens (tertiary/aromatic N) is 3. The highest BCUT2D eigenvalue weighted by Crippen LogP contribution is 2.23. The van der Waals surface area contributed by atoms with Gasteiger partial charge < -0.3 is 4.90 Å². The molecular weight excluding hydrogens is 434 g/mol. The maximum atomic E-state index is 13.8. The van der Waals surface area contributed by atoms with E-state index in [0.29, 0.717) is 31.7 Å². The summed E-state index contributed by atoms with van der Waals surface area (Å²) < 4.78 is 27.5. The maximum absolute atomic E-state index is 13.8. The van der Waals surface area contributed by atoms with Crippen molar-refractivity contribution in [3.05, 3.63) is 94.8 Å². The minimum Gasteiger partial charge on any atom is -0.330 e. The van der Waals surface area contributed by atoms with E-state index in [0.717, 1.165) is 22.3 Å². The Balaban J connectivity index is 2.02. The van der Waals surface area contributed by atoms with Gasteiger partial charge in [0.2, 0.25) is 10.0 Å². The number of sulfonamides is 1. The molecule has 6 nitrogen and oxygen atoms in total. The van der Waals surface area contributed by atoms with Crippen molar-refractivity contribution in [2.45, 2.75) is 45.7 Å². The smallest absolute Gasteiger partial charge is 0.254 e. The van der Waals surface area contributed by atoms with Crippen molar-refractivity contribution >= 4 is 15.9 Å². The van der Waals surface area contributed by atoms with Crippen LogP contribution in [-0.2, 0) is 23.1 Å². The molecule has 0 bridgehead atoms. The fraction of sp³-hybridized carbons (Fsp3) is 0.308. The van der Waals surface area contributed by atoms with Gasteiger partial charge >= 0.3 is 0 Å². The second-order valence-corrected chi connectivity index (χ2v) is 9.95. The number of carbonyl (C=O) groups is 1. The van der Waals surface area contributed by atoms with E-state index in [4.69, 9.17) is 0 Å². The van der Waals surface area contributed by atoms with Gasteiger partial charge in [0.1, 0.15) is 0 Å². The molecule has 2 aromatic carbocycles. The Kier molecular flexibility index (Phi) is 8.00. The number of rotatable bonds is 9. The Morgan fingerprint density at radius 2 is 1.64 bits per heavy atom. The molecule has 3 aromatic rings. The molecule has 0 saturated heterocycles. The third-order valence-corrected chi connectivity index (χ3v) is 7.83. The lowest BCUT2D eigenvalue weighted by molar-refractivity contribution is 0.0728. The molecule has 0 aliphatic heterocycles. The Morgan fingerprint density at radius 3 is 2.27 bits per heavy atom. The van der Waals surface area contributed by atoms with Crippen LogP contribution in [0.5, 0.6) is 0 Å². The van der Waals surface area contributed by atoms with E-state index in [1.54, 1.807) is 43.3 Å². The van der Waals surface area contributed by atoms with Crippen LogP contribution in [0.1, 0.15) is 46.5 Å². The van der Waals surface area contributed by atoms with Crippen molar-refractivity contribution in [1.29, 1.82) is 0 Å². The first-order chi connectivity index (χ1) is 15.8. The fourth-order valence-corrected chi connectivity index (χ4v) is 5.26. The highest BCUT2D eigenvalue weighted by molar-refractivity contribution is 7.89. The number of benzene rings is 2. The van der Waals surface area contributed by atoms with E-state index >= 15 is 0 Å². The quantitative estimate of drug-likeness (QED) is 0.464. The lowest BCUT2D eigenvalue weighted by atomic mass is 10.0. The first-order valence-electron chi connectivity index (χ1n) is 11.1. The molecule has 7 heteroatoms. The zero-order chi connectivity index (χ0) is 24.0. The lowest BCUT2D eigenvalue weighted by Gasteiger charge is -2.25. The molecular formula is C26H31N3O3S. The van der Waals surface area contributed by atoms with Gasteiger partial charge in [-0.3, -0.25) is 9.78 Å². The summed E-state index contributed by atoms with van der Waals surface area (Å²) in [4.78, 5) is 19.8. The number of aryl methyl sites for hydroxylation is 2. The number of hydrogen-bond acceptors (Lipinski definition) is 4. The van der Waals surface area contributed by atoms with E-state index in [1.807, 2.05) is 50.2 Å². The number of amides is 1. The van der Waals surface area contributed by atoms with Gasteiger partial charge in [0.05, 0.1) is 4.90 Å². The number of carbonyl (C=O) groups excluding carboxylic acids is 1. The average Bonchev–Trinajstić information content (AvgIpc) is 2.81. The normalized spacial score (nSPS) is 11.5. The van der Waals surface area contributed by atoms with Gasteiger partial charge in [-0.05, 0) is 54.3 Å². The third kappa shape index (κ3) is 5.67. The van der Waals surface area contributed by atoms with Crippen molar-refractivity contribution < 1.29 is 13.2 Å². The molecule has 0 saturated carbocycles. The second-order valence-electron chi connectivity index (χ2n) is 8.02. The summed E-state index contributed by atoms with van der Waals surface area (Å²) in [5.41, 5.74) is 4.17. The van der Waals surface area contributed by atoms with Gasteiger partial charge in [-0.15, -0.1) is 0 Å². The predicted octanol–water partition coefficient (Wildman–Crippen LogP) is 4.57. The zero-order valence-electron chi connectivity index (χ0n) is 19.7. The highest BCUT2D eigenvalue weighted by atomic mass is 32.2. The zero-order valence-corrected chi connectivity index (χ0v) is 20.5. The molecule has 1 amide bonds. The Morgan fingerprint density at radius 1 is 0.909 bits per heavy atom. The molecule has 0 aliphatic carbocycles. The first kappa shape index (κ1) is 24.6. The fourth-order valence-electron chi connectivity index (χ4n) is 3.78. The van der Waals surface area contributed by atoms with Gasteiger partial charge in [-0.2, -0.15) is 4.31 Å². The summed E-state index contributed by atoms with van der Waals surface area (Å²) in [6, 6.07) is 16.5. The number of aromatic nitrogens is 1. The predicted molar refractivity (Wildman–Crippen MR) is 130 cm³/mol. The van der Waals surface area contributed by atoms with Crippen molar-refractivity contribution in [2.24, 2.45) is 0 Å². The molecule has 1 aromatic heterocycles. The molecule has 0 N–H and O–H groups in total. The molecule has 0 spiro atoms. The van der Waals surface area contributed by atoms with E-state index in [9.17, 15) is 13.2 Å². The topological polar surface area (TPSA) is 70.6 Å². The summed E-state index contributed by atoms with van der Waals surface area (Å²) in [5, 5.41) is 0. The van der Waals surface area contributed by atoms with E-state index in [2.05, 4.69) is 4.98 Å². The Bertz CT molecular complexity index is 1210. The molecule has 0 atom stereocenters. The van der Waals surface area contributed by atoms with Crippen LogP contribution >= 0.6 is 0 Å². The number of hydrogen-bond donors (Lipinski definition) is 0. The van der Waals surface area contributed by atoms with Crippen LogP contribution in [0.15, 0.2) is 71.9 Å². The van der Waals surface area contributed by atoms with Crippen LogP contribution in [0, 0.1) is 13.8 Å². The van der Waals surface area contributed by atoms with Crippen LogP contribution in [0.3, 0.4) is 0 Å². The summed E-state index contributed by atoms with van der Waals surface area (Å²) >= 11 is 0. The molecule has 0 unspecified atom stereocenters. The molecule has 0 radical (unpaired) electrons. The molecule has 0 aliphatic rings. The monoisotopic (exact) mass is 465 g/mol. The van der Waals surface area contributed by atoms with Crippen LogP contribution in [0.4, 0.5) is 0 Å². The van der Waals surface area contributed by atoms with Crippen molar-refractivity contribution in [3.8, 4) is 0 Å². The molecule has 174 valence electrons. The van der Waals surface area contributed by atoms with E-state index < -0.39 is 10.0 Å². The van der Waals surface area contributed by atoms with Crippen LogP contribution in [0.2, 0.25) is 0 Å². The average molecular weight is 466 g/mol. The lowest BCUT2D eigenvalue weighted by Crippen LogP contribution is -2.32. The largest absolute Gasteiger partial charge is 0.330 e. The number of pyridine rings is 1. The summed E-state index contributed by atoms with van der Waals surface area (Å²) in [6.45, 7) is 8.98. The molecule has 0 fully saturated rings. The standard InChI is InChI=1S/C26H31N3O3S/c1-5-29(6-2)33(31,32)24-14-13-21(4)25(16-24)26(30)28(18-22-11-9-15-27-17-22)19-23-12-8-7-10-20(23)3/h7-17H,5-6,18-19H2,1-4H3. The minimum atomic E-state index is -3.67. The van der Waals surface area contributed by atoms with Crippen LogP contribution in [-0.4, -0.2) is 41.6 Å². The Labute approximate surface area is 196 Å². The van der Waals surface area contributed by atoms with Gasteiger partial charge in [0.15, 0.2) is 0 Å². The summed E-state index contributed by atoms with van der Waals surface area (Å²) in [7, 11) is -3.67. The molecule has 3 rings (SSSR count). The SMILES string of the molecule is CCN(CC)S(=O)(=O)c1ccc(C)c(C(=O)N(Cc2cccnc2)Cc2ccccc2C)c1. The summed E-state index contributed by atoms with van der Waals surface area (Å²) in [6.07, 6.45) is 3.44. The van der Waals surface area contributed by atoms with Gasteiger partial charge in [0.25, 0.3) is 5.91 Å². The van der Waals surface area contributed by atoms with Crippen molar-refractivity contribution in [2.75, 3.05) is 13.1 Å². The van der Waals surface area contributed by atoms with Gasteiger partial charge in [-0.1, -0.05) is 50.2 Å². The van der Waals surface area contributed by atoms with Crippen molar-refractivity contribution in [1.82, 2.24) is 14.2 Å². The van der Waals surface area contributed by atoms with Gasteiger partial charge in [-0.25, -0.2) is 8.42 Å². The van der Waals surface area contributed by atoms with E-state index in [-0.39, 0.29) is 10.8 Å². The highest BCUT2D eigenvalue weighted by Gasteiger charge is 2.25. The maximum Gasteiger partial charge on any atom is 0.254 e. The summed E-state index contributed by atoms with van der Waals surface area (Å²) in [5.74, 6) is -0.212. The first-order valence-corrected chi connectivity index (χ1v) is 12.5. The molecule has 1 heterocycles. The van der Waals surface area contributed by atoms with Gasteiger partial charge in [0, 0.05) is 44.1 Å².